The second-order valence-corrected chi connectivity index (χ2v) is 3.33. The lowest BCUT2D eigenvalue weighted by Gasteiger charge is -2.17. The summed E-state index contributed by atoms with van der Waals surface area (Å²) in [5.74, 6) is 0.210. The van der Waals surface area contributed by atoms with E-state index in [4.69, 9.17) is 0 Å². The monoisotopic (exact) mass is 227 g/mol. The molecule has 4 heteroatoms. The van der Waals surface area contributed by atoms with Crippen LogP contribution in [0.2, 0.25) is 0 Å². The molecule has 0 bridgehead atoms. The first kappa shape index (κ1) is 12.6. The van der Waals surface area contributed by atoms with Crippen molar-refractivity contribution < 1.29 is 13.5 Å². The van der Waals surface area contributed by atoms with Crippen LogP contribution in [0.25, 0.3) is 0 Å². The van der Waals surface area contributed by atoms with E-state index < -0.39 is 6.61 Å². The van der Waals surface area contributed by atoms with Gasteiger partial charge in [0.1, 0.15) is 5.75 Å². The lowest BCUT2D eigenvalue weighted by molar-refractivity contribution is -0.0506. The summed E-state index contributed by atoms with van der Waals surface area (Å²) in [5, 5.41) is 3.12. The molecule has 0 heterocycles. The minimum Gasteiger partial charge on any atom is -0.434 e. The van der Waals surface area contributed by atoms with Crippen molar-refractivity contribution in [3.05, 3.63) is 42.5 Å². The van der Waals surface area contributed by atoms with Crippen LogP contribution < -0.4 is 10.1 Å². The Morgan fingerprint density at radius 2 is 2.12 bits per heavy atom. The summed E-state index contributed by atoms with van der Waals surface area (Å²) in [6, 6.07) is 6.70. The molecule has 16 heavy (non-hydrogen) atoms. The predicted octanol–water partition coefficient (Wildman–Crippen LogP) is 3.12. The number of ether oxygens (including phenoxy) is 1. The zero-order valence-corrected chi connectivity index (χ0v) is 9.12. The number of halogens is 2. The van der Waals surface area contributed by atoms with Gasteiger partial charge in [0, 0.05) is 18.2 Å². The van der Waals surface area contributed by atoms with E-state index in [0.717, 1.165) is 0 Å². The highest BCUT2D eigenvalue weighted by molar-refractivity contribution is 5.35. The van der Waals surface area contributed by atoms with Crippen LogP contribution in [0, 0.1) is 0 Å². The second-order valence-electron chi connectivity index (χ2n) is 3.33. The molecule has 1 unspecified atom stereocenters. The fourth-order valence-electron chi connectivity index (χ4n) is 1.41. The van der Waals surface area contributed by atoms with Gasteiger partial charge in [0.2, 0.25) is 0 Å². The van der Waals surface area contributed by atoms with Gasteiger partial charge in [-0.25, -0.2) is 0 Å². The zero-order chi connectivity index (χ0) is 12.0. The summed E-state index contributed by atoms with van der Waals surface area (Å²) in [7, 11) is 0. The maximum absolute atomic E-state index is 12.2. The van der Waals surface area contributed by atoms with Crippen LogP contribution in [0.1, 0.15) is 18.5 Å². The largest absolute Gasteiger partial charge is 0.434 e. The molecule has 0 fully saturated rings. The van der Waals surface area contributed by atoms with Crippen LogP contribution in [0.3, 0.4) is 0 Å². The minimum atomic E-state index is -2.80. The molecule has 0 aliphatic rings. The summed E-state index contributed by atoms with van der Waals surface area (Å²) in [6.45, 7) is 3.29. The number of benzene rings is 1. The highest BCUT2D eigenvalue weighted by atomic mass is 19.3. The van der Waals surface area contributed by atoms with Crippen LogP contribution in [0.4, 0.5) is 8.78 Å². The van der Waals surface area contributed by atoms with E-state index in [-0.39, 0.29) is 11.8 Å². The Labute approximate surface area is 93.9 Å². The second kappa shape index (κ2) is 6.23. The van der Waals surface area contributed by atoms with E-state index in [2.05, 4.69) is 16.6 Å². The van der Waals surface area contributed by atoms with Crippen molar-refractivity contribution in [1.82, 2.24) is 5.32 Å². The predicted molar refractivity (Wildman–Crippen MR) is 59.7 cm³/mol. The number of rotatable bonds is 6. The fourth-order valence-corrected chi connectivity index (χ4v) is 1.41. The summed E-state index contributed by atoms with van der Waals surface area (Å²) >= 11 is 0. The lowest BCUT2D eigenvalue weighted by Crippen LogP contribution is -2.19. The van der Waals surface area contributed by atoms with Gasteiger partial charge in [0.25, 0.3) is 0 Å². The molecule has 88 valence electrons. The lowest BCUT2D eigenvalue weighted by atomic mass is 10.1. The molecule has 0 aliphatic carbocycles. The smallest absolute Gasteiger partial charge is 0.387 e. The first-order valence-corrected chi connectivity index (χ1v) is 5.03. The van der Waals surface area contributed by atoms with Crippen molar-refractivity contribution in [3.63, 3.8) is 0 Å². The van der Waals surface area contributed by atoms with Gasteiger partial charge < -0.3 is 10.1 Å². The topological polar surface area (TPSA) is 21.3 Å². The molecule has 0 saturated carbocycles. The van der Waals surface area contributed by atoms with Gasteiger partial charge in [-0.15, -0.1) is 6.58 Å². The third-order valence-corrected chi connectivity index (χ3v) is 2.17. The summed E-state index contributed by atoms with van der Waals surface area (Å²) in [5.41, 5.74) is 0.713. The van der Waals surface area contributed by atoms with Crippen molar-refractivity contribution in [2.75, 3.05) is 6.54 Å². The molecule has 0 radical (unpaired) electrons. The quantitative estimate of drug-likeness (QED) is 0.754. The van der Waals surface area contributed by atoms with Gasteiger partial charge in [0.15, 0.2) is 0 Å². The maximum Gasteiger partial charge on any atom is 0.387 e. The normalized spacial score (nSPS) is 12.5. The van der Waals surface area contributed by atoms with Crippen molar-refractivity contribution in [2.24, 2.45) is 0 Å². The molecule has 1 aromatic carbocycles. The molecule has 0 aliphatic heterocycles. The van der Waals surface area contributed by atoms with Gasteiger partial charge in [0.05, 0.1) is 0 Å². The van der Waals surface area contributed by atoms with Crippen LogP contribution in [0.5, 0.6) is 5.75 Å². The Kier molecular flexibility index (Phi) is 4.92. The summed E-state index contributed by atoms with van der Waals surface area (Å²) in [6.07, 6.45) is 1.72. The third kappa shape index (κ3) is 3.62. The van der Waals surface area contributed by atoms with Gasteiger partial charge in [-0.3, -0.25) is 0 Å². The molecule has 0 spiro atoms. The highest BCUT2D eigenvalue weighted by Crippen LogP contribution is 2.25. The van der Waals surface area contributed by atoms with Gasteiger partial charge in [-0.05, 0) is 13.0 Å². The Balaban J connectivity index is 2.80. The molecule has 0 aromatic heterocycles. The van der Waals surface area contributed by atoms with Crippen LogP contribution in [-0.4, -0.2) is 13.2 Å². The van der Waals surface area contributed by atoms with Gasteiger partial charge in [-0.2, -0.15) is 8.78 Å². The van der Waals surface area contributed by atoms with E-state index in [0.29, 0.717) is 12.1 Å². The van der Waals surface area contributed by atoms with Gasteiger partial charge >= 0.3 is 6.61 Å². The zero-order valence-electron chi connectivity index (χ0n) is 9.12. The molecule has 0 saturated heterocycles. The number of hydrogen-bond acceptors (Lipinski definition) is 2. The first-order chi connectivity index (χ1) is 7.65. The molecule has 2 nitrogen and oxygen atoms in total. The Bertz CT molecular complexity index is 342. The van der Waals surface area contributed by atoms with E-state index in [1.54, 1.807) is 24.3 Å². The number of hydrogen-bond donors (Lipinski definition) is 1. The van der Waals surface area contributed by atoms with Crippen molar-refractivity contribution >= 4 is 0 Å². The van der Waals surface area contributed by atoms with Crippen LogP contribution in [-0.2, 0) is 0 Å². The first-order valence-electron chi connectivity index (χ1n) is 5.03. The van der Waals surface area contributed by atoms with E-state index >= 15 is 0 Å². The molecule has 1 aromatic rings. The molecule has 1 rings (SSSR count). The van der Waals surface area contributed by atoms with Crippen molar-refractivity contribution in [2.45, 2.75) is 19.6 Å². The average Bonchev–Trinajstić information content (AvgIpc) is 2.26. The van der Waals surface area contributed by atoms with Gasteiger partial charge in [-0.1, -0.05) is 24.3 Å². The molecule has 1 N–H and O–H groups in total. The average molecular weight is 227 g/mol. The minimum absolute atomic E-state index is 0.0621. The maximum atomic E-state index is 12.2. The van der Waals surface area contributed by atoms with E-state index in [1.165, 1.54) is 6.07 Å². The molecular formula is C12H15F2NO. The molecule has 0 amide bonds. The van der Waals surface area contributed by atoms with Crippen molar-refractivity contribution in [1.29, 1.82) is 0 Å². The van der Waals surface area contributed by atoms with Crippen molar-refractivity contribution in [3.8, 4) is 5.75 Å². The molecule has 1 atom stereocenters. The number of para-hydroxylation sites is 1. The number of alkyl halides is 2. The summed E-state index contributed by atoms with van der Waals surface area (Å²) in [4.78, 5) is 0. The van der Waals surface area contributed by atoms with E-state index in [1.807, 2.05) is 6.92 Å². The highest BCUT2D eigenvalue weighted by Gasteiger charge is 2.13. The number of nitrogens with one attached hydrogen (secondary N) is 1. The Morgan fingerprint density at radius 3 is 2.75 bits per heavy atom. The van der Waals surface area contributed by atoms with E-state index in [9.17, 15) is 8.78 Å². The Morgan fingerprint density at radius 1 is 1.44 bits per heavy atom. The fraction of sp³-hybridized carbons (Fsp3) is 0.333. The van der Waals surface area contributed by atoms with Crippen LogP contribution >= 0.6 is 0 Å². The van der Waals surface area contributed by atoms with Crippen LogP contribution in [0.15, 0.2) is 36.9 Å². The molecular weight excluding hydrogens is 212 g/mol. The third-order valence-electron chi connectivity index (χ3n) is 2.17. The standard InChI is InChI=1S/C12H15F2NO/c1-3-8-15-9(2)10-6-4-5-7-11(10)16-12(13)14/h3-7,9,12,15H,1,8H2,2H3. The SMILES string of the molecule is C=CCNC(C)c1ccccc1OC(F)F. The Hall–Kier alpha value is -1.42. The summed E-state index contributed by atoms with van der Waals surface area (Å²) < 4.78 is 28.8.